The number of nitrogens with zero attached hydrogens (tertiary/aromatic N) is 5. The summed E-state index contributed by atoms with van der Waals surface area (Å²) in [6, 6.07) is 0. The summed E-state index contributed by atoms with van der Waals surface area (Å²) in [5.41, 5.74) is 1.06. The first kappa shape index (κ1) is 19.9. The highest BCUT2D eigenvalue weighted by Crippen LogP contribution is 2.31. The van der Waals surface area contributed by atoms with E-state index < -0.39 is 24.5 Å². The normalized spacial score (nSPS) is 25.6. The third kappa shape index (κ3) is 4.04. The predicted octanol–water partition coefficient (Wildman–Crippen LogP) is -0.418. The average Bonchev–Trinajstić information content (AvgIpc) is 3.24. The van der Waals surface area contributed by atoms with Crippen LogP contribution in [0.2, 0.25) is 0 Å². The molecule has 3 heterocycles. The van der Waals surface area contributed by atoms with Gasteiger partial charge in [0, 0.05) is 6.54 Å². The van der Waals surface area contributed by atoms with Crippen LogP contribution in [0.4, 0.5) is 5.82 Å². The number of aliphatic hydroxyl groups is 3. The van der Waals surface area contributed by atoms with Gasteiger partial charge in [0.25, 0.3) is 0 Å². The minimum atomic E-state index is -1.18. The number of hydrogen-bond donors (Lipinski definition) is 4. The van der Waals surface area contributed by atoms with Gasteiger partial charge in [0.1, 0.15) is 24.6 Å². The molecule has 3 rings (SSSR count). The van der Waals surface area contributed by atoms with Crippen molar-refractivity contribution in [2.45, 2.75) is 44.8 Å². The van der Waals surface area contributed by atoms with Crippen molar-refractivity contribution in [1.82, 2.24) is 24.4 Å². The Bertz CT molecular complexity index is 737. The van der Waals surface area contributed by atoms with E-state index >= 15 is 0 Å². The topological polar surface area (TPSA) is 129 Å². The lowest BCUT2D eigenvalue weighted by molar-refractivity contribution is -0.0511. The van der Waals surface area contributed by atoms with Crippen LogP contribution in [0.1, 0.15) is 26.5 Å². The fourth-order valence-electron chi connectivity index (χ4n) is 3.33. The van der Waals surface area contributed by atoms with Crippen molar-refractivity contribution < 1.29 is 20.1 Å². The second-order valence-electron chi connectivity index (χ2n) is 6.58. The second kappa shape index (κ2) is 8.89. The van der Waals surface area contributed by atoms with Crippen molar-refractivity contribution in [1.29, 1.82) is 0 Å². The van der Waals surface area contributed by atoms with E-state index in [0.29, 0.717) is 17.0 Å². The number of rotatable bonds is 9. The third-order valence-corrected chi connectivity index (χ3v) is 4.99. The zero-order valence-corrected chi connectivity index (χ0v) is 15.7. The molecule has 4 atom stereocenters. The van der Waals surface area contributed by atoms with Crippen LogP contribution in [0.5, 0.6) is 0 Å². The molecule has 4 N–H and O–H groups in total. The van der Waals surface area contributed by atoms with Crippen LogP contribution in [-0.2, 0) is 4.74 Å². The Morgan fingerprint density at radius 3 is 2.63 bits per heavy atom. The number of ether oxygens (including phenoxy) is 1. The molecular formula is C17H28N6O4. The molecular weight excluding hydrogens is 352 g/mol. The van der Waals surface area contributed by atoms with Crippen molar-refractivity contribution in [2.75, 3.05) is 38.1 Å². The molecule has 1 aliphatic rings. The maximum absolute atomic E-state index is 10.2. The highest BCUT2D eigenvalue weighted by molar-refractivity contribution is 5.82. The van der Waals surface area contributed by atoms with E-state index in [0.717, 1.165) is 32.6 Å². The third-order valence-electron chi connectivity index (χ3n) is 4.99. The van der Waals surface area contributed by atoms with Gasteiger partial charge in [0.05, 0.1) is 12.9 Å². The van der Waals surface area contributed by atoms with Gasteiger partial charge >= 0.3 is 0 Å². The van der Waals surface area contributed by atoms with Crippen molar-refractivity contribution in [3.8, 4) is 0 Å². The molecule has 0 aromatic carbocycles. The average molecular weight is 380 g/mol. The molecule has 0 bridgehead atoms. The molecule has 150 valence electrons. The SMILES string of the molecule is CCN(CC)CCCNc1ncnc2c1ncn2[C@@H]1O[C@H](CO)C(O)C1O. The van der Waals surface area contributed by atoms with Gasteiger partial charge in [-0.1, -0.05) is 13.8 Å². The van der Waals surface area contributed by atoms with Crippen LogP contribution < -0.4 is 5.32 Å². The Morgan fingerprint density at radius 2 is 1.96 bits per heavy atom. The van der Waals surface area contributed by atoms with E-state index in [-0.39, 0.29) is 6.61 Å². The largest absolute Gasteiger partial charge is 0.394 e. The second-order valence-corrected chi connectivity index (χ2v) is 6.58. The lowest BCUT2D eigenvalue weighted by atomic mass is 10.1. The van der Waals surface area contributed by atoms with Gasteiger partial charge in [-0.2, -0.15) is 0 Å². The molecule has 2 aromatic rings. The first-order valence-electron chi connectivity index (χ1n) is 9.36. The minimum absolute atomic E-state index is 0.379. The summed E-state index contributed by atoms with van der Waals surface area (Å²) >= 11 is 0. The van der Waals surface area contributed by atoms with Gasteiger partial charge < -0.3 is 30.3 Å². The summed E-state index contributed by atoms with van der Waals surface area (Å²) in [4.78, 5) is 15.2. The van der Waals surface area contributed by atoms with Crippen LogP contribution in [-0.4, -0.2) is 90.8 Å². The molecule has 0 saturated carbocycles. The lowest BCUT2D eigenvalue weighted by Gasteiger charge is -2.18. The van der Waals surface area contributed by atoms with Crippen molar-refractivity contribution in [3.05, 3.63) is 12.7 Å². The molecule has 10 heteroatoms. The van der Waals surface area contributed by atoms with Gasteiger partial charge in [-0.05, 0) is 26.1 Å². The predicted molar refractivity (Wildman–Crippen MR) is 99.2 cm³/mol. The molecule has 1 saturated heterocycles. The Kier molecular flexibility index (Phi) is 6.55. The molecule has 2 unspecified atom stereocenters. The number of aliphatic hydroxyl groups excluding tert-OH is 3. The number of fused-ring (bicyclic) bond motifs is 1. The Labute approximate surface area is 157 Å². The van der Waals surface area contributed by atoms with Gasteiger partial charge in [0.15, 0.2) is 23.2 Å². The lowest BCUT2D eigenvalue weighted by Crippen LogP contribution is -2.33. The highest BCUT2D eigenvalue weighted by atomic mass is 16.6. The molecule has 10 nitrogen and oxygen atoms in total. The van der Waals surface area contributed by atoms with Crippen molar-refractivity contribution in [3.63, 3.8) is 0 Å². The van der Waals surface area contributed by atoms with Crippen molar-refractivity contribution >= 4 is 17.0 Å². The van der Waals surface area contributed by atoms with Crippen LogP contribution >= 0.6 is 0 Å². The van der Waals surface area contributed by atoms with E-state index in [4.69, 9.17) is 4.74 Å². The van der Waals surface area contributed by atoms with E-state index in [9.17, 15) is 15.3 Å². The van der Waals surface area contributed by atoms with Gasteiger partial charge in [-0.25, -0.2) is 15.0 Å². The fourth-order valence-corrected chi connectivity index (χ4v) is 3.33. The van der Waals surface area contributed by atoms with E-state index in [1.807, 2.05) is 0 Å². The Hall–Kier alpha value is -1.85. The zero-order chi connectivity index (χ0) is 19.4. The highest BCUT2D eigenvalue weighted by Gasteiger charge is 2.44. The van der Waals surface area contributed by atoms with Crippen LogP contribution in [0, 0.1) is 0 Å². The molecule has 27 heavy (non-hydrogen) atoms. The minimum Gasteiger partial charge on any atom is -0.394 e. The number of imidazole rings is 1. The maximum Gasteiger partial charge on any atom is 0.167 e. The fraction of sp³-hybridized carbons (Fsp3) is 0.706. The summed E-state index contributed by atoms with van der Waals surface area (Å²) in [5, 5.41) is 32.7. The van der Waals surface area contributed by atoms with Crippen LogP contribution in [0.15, 0.2) is 12.7 Å². The van der Waals surface area contributed by atoms with Gasteiger partial charge in [-0.15, -0.1) is 0 Å². The van der Waals surface area contributed by atoms with E-state index in [2.05, 4.69) is 39.0 Å². The first-order chi connectivity index (χ1) is 13.1. The van der Waals surface area contributed by atoms with Crippen molar-refractivity contribution in [2.24, 2.45) is 0 Å². The maximum atomic E-state index is 10.2. The van der Waals surface area contributed by atoms with E-state index in [1.54, 1.807) is 4.57 Å². The molecule has 1 aliphatic heterocycles. The number of hydrogen-bond acceptors (Lipinski definition) is 9. The smallest absolute Gasteiger partial charge is 0.167 e. The summed E-state index contributed by atoms with van der Waals surface area (Å²) in [7, 11) is 0. The van der Waals surface area contributed by atoms with Gasteiger partial charge in [0.2, 0.25) is 0 Å². The summed E-state index contributed by atoms with van der Waals surface area (Å²) in [6.45, 7) is 7.74. The molecule has 0 aliphatic carbocycles. The summed E-state index contributed by atoms with van der Waals surface area (Å²) in [5.74, 6) is 0.616. The zero-order valence-electron chi connectivity index (χ0n) is 15.7. The van der Waals surface area contributed by atoms with Crippen LogP contribution in [0.25, 0.3) is 11.2 Å². The monoisotopic (exact) mass is 380 g/mol. The standard InChI is InChI=1S/C17H28N6O4/c1-3-22(4-2)7-5-6-18-15-12-16(20-9-19-15)23(10-21-12)17-14(26)13(25)11(8-24)27-17/h9-11,13-14,17,24-26H,3-8H2,1-2H3,(H,18,19,20)/t11-,13?,14?,17-/m1/s1. The summed E-state index contributed by atoms with van der Waals surface area (Å²) < 4.78 is 7.12. The molecule has 2 aromatic heterocycles. The van der Waals surface area contributed by atoms with Crippen LogP contribution in [0.3, 0.4) is 0 Å². The quantitative estimate of drug-likeness (QED) is 0.429. The first-order valence-corrected chi connectivity index (χ1v) is 9.36. The number of aromatic nitrogens is 4. The molecule has 0 amide bonds. The molecule has 1 fully saturated rings. The Balaban J connectivity index is 1.71. The number of nitrogens with one attached hydrogen (secondary N) is 1. The molecule has 0 radical (unpaired) electrons. The molecule has 0 spiro atoms. The van der Waals surface area contributed by atoms with E-state index in [1.165, 1.54) is 12.7 Å². The Morgan fingerprint density at radius 1 is 1.19 bits per heavy atom. The summed E-state index contributed by atoms with van der Waals surface area (Å²) in [6.07, 6.45) is -0.163. The number of anilines is 1. The van der Waals surface area contributed by atoms with Gasteiger partial charge in [-0.3, -0.25) is 4.57 Å².